The summed E-state index contributed by atoms with van der Waals surface area (Å²) in [6, 6.07) is 20.2. The number of thiazole rings is 1. The van der Waals surface area contributed by atoms with Gasteiger partial charge >= 0.3 is 0 Å². The van der Waals surface area contributed by atoms with Gasteiger partial charge in [0.2, 0.25) is 0 Å². The second kappa shape index (κ2) is 7.76. The molecule has 0 aliphatic carbocycles. The lowest BCUT2D eigenvalue weighted by Gasteiger charge is -2.01. The van der Waals surface area contributed by atoms with Crippen LogP contribution in [-0.4, -0.2) is 20.2 Å². The number of rotatable bonds is 5. The SMILES string of the molecule is Cc1nc(-c2ccccc2)sc1-c1ccc(SCc2ccccn2)nn1. The molecule has 6 heteroatoms. The molecule has 0 aliphatic heterocycles. The van der Waals surface area contributed by atoms with E-state index in [-0.39, 0.29) is 0 Å². The predicted molar refractivity (Wildman–Crippen MR) is 107 cm³/mol. The van der Waals surface area contributed by atoms with Crippen LogP contribution in [0.5, 0.6) is 0 Å². The van der Waals surface area contributed by atoms with Gasteiger partial charge in [0, 0.05) is 17.5 Å². The van der Waals surface area contributed by atoms with Crippen molar-refractivity contribution in [1.82, 2.24) is 20.2 Å². The zero-order chi connectivity index (χ0) is 17.8. The smallest absolute Gasteiger partial charge is 0.124 e. The van der Waals surface area contributed by atoms with Crippen molar-refractivity contribution in [3.63, 3.8) is 0 Å². The molecule has 3 heterocycles. The summed E-state index contributed by atoms with van der Waals surface area (Å²) in [6.45, 7) is 2.02. The maximum absolute atomic E-state index is 4.69. The molecule has 4 aromatic rings. The van der Waals surface area contributed by atoms with Gasteiger partial charge < -0.3 is 0 Å². The molecule has 0 N–H and O–H groups in total. The summed E-state index contributed by atoms with van der Waals surface area (Å²) < 4.78 is 0. The average Bonchev–Trinajstić information content (AvgIpc) is 3.10. The summed E-state index contributed by atoms with van der Waals surface area (Å²) in [6.07, 6.45) is 1.81. The normalized spacial score (nSPS) is 10.8. The molecule has 0 bridgehead atoms. The second-order valence-corrected chi connectivity index (χ2v) is 7.66. The first-order valence-corrected chi connectivity index (χ1v) is 9.99. The van der Waals surface area contributed by atoms with E-state index in [1.807, 2.05) is 61.7 Å². The van der Waals surface area contributed by atoms with Crippen molar-refractivity contribution in [2.75, 3.05) is 0 Å². The van der Waals surface area contributed by atoms with Crippen molar-refractivity contribution < 1.29 is 0 Å². The minimum absolute atomic E-state index is 0.784. The van der Waals surface area contributed by atoms with Gasteiger partial charge in [0.05, 0.1) is 16.3 Å². The third-order valence-corrected chi connectivity index (χ3v) is 5.97. The molecule has 0 aliphatic rings. The highest BCUT2D eigenvalue weighted by molar-refractivity contribution is 7.98. The average molecular weight is 377 g/mol. The molecule has 0 atom stereocenters. The van der Waals surface area contributed by atoms with Crippen LogP contribution in [0, 0.1) is 6.92 Å². The van der Waals surface area contributed by atoms with Gasteiger partial charge in [-0.05, 0) is 31.2 Å². The summed E-state index contributed by atoms with van der Waals surface area (Å²) in [7, 11) is 0. The van der Waals surface area contributed by atoms with Gasteiger partial charge in [0.15, 0.2) is 0 Å². The molecule has 0 fully saturated rings. The van der Waals surface area contributed by atoms with Gasteiger partial charge in [0.25, 0.3) is 0 Å². The molecule has 0 unspecified atom stereocenters. The van der Waals surface area contributed by atoms with Crippen LogP contribution in [0.3, 0.4) is 0 Å². The molecular formula is C20H16N4S2. The Morgan fingerprint density at radius 3 is 2.50 bits per heavy atom. The number of hydrogen-bond acceptors (Lipinski definition) is 6. The van der Waals surface area contributed by atoms with Crippen molar-refractivity contribution in [2.24, 2.45) is 0 Å². The van der Waals surface area contributed by atoms with E-state index in [1.165, 1.54) is 0 Å². The van der Waals surface area contributed by atoms with Gasteiger partial charge in [-0.25, -0.2) is 4.98 Å². The van der Waals surface area contributed by atoms with Gasteiger partial charge in [0.1, 0.15) is 15.7 Å². The first kappa shape index (κ1) is 16.9. The largest absolute Gasteiger partial charge is 0.260 e. The molecule has 0 saturated carbocycles. The fourth-order valence-corrected chi connectivity index (χ4v) is 4.25. The first-order valence-electron chi connectivity index (χ1n) is 8.19. The predicted octanol–water partition coefficient (Wildman–Crippen LogP) is 5.26. The standard InChI is InChI=1S/C20H16N4S2/c1-14-19(26-20(22-14)15-7-3-2-4-8-15)17-10-11-18(24-23-17)25-13-16-9-5-6-12-21-16/h2-12H,13H2,1H3. The first-order chi connectivity index (χ1) is 12.8. The van der Waals surface area contributed by atoms with Crippen LogP contribution >= 0.6 is 23.1 Å². The number of thioether (sulfide) groups is 1. The van der Waals surface area contributed by atoms with Crippen LogP contribution in [0.4, 0.5) is 0 Å². The minimum Gasteiger partial charge on any atom is -0.260 e. The Morgan fingerprint density at radius 1 is 0.923 bits per heavy atom. The lowest BCUT2D eigenvalue weighted by molar-refractivity contribution is 0.935. The monoisotopic (exact) mass is 376 g/mol. The van der Waals surface area contributed by atoms with Crippen LogP contribution in [0.15, 0.2) is 71.9 Å². The highest BCUT2D eigenvalue weighted by Crippen LogP contribution is 2.34. The van der Waals surface area contributed by atoms with Crippen LogP contribution in [-0.2, 0) is 5.75 Å². The molecule has 128 valence electrons. The topological polar surface area (TPSA) is 51.6 Å². The molecular weight excluding hydrogens is 360 g/mol. The Morgan fingerprint density at radius 2 is 1.77 bits per heavy atom. The second-order valence-electron chi connectivity index (χ2n) is 5.67. The molecule has 0 amide bonds. The van der Waals surface area contributed by atoms with Gasteiger partial charge in [-0.2, -0.15) is 0 Å². The third-order valence-electron chi connectivity index (χ3n) is 3.78. The zero-order valence-electron chi connectivity index (χ0n) is 14.2. The molecule has 0 spiro atoms. The summed E-state index contributed by atoms with van der Waals surface area (Å²) in [5.74, 6) is 0.784. The van der Waals surface area contributed by atoms with E-state index in [9.17, 15) is 0 Å². The van der Waals surface area contributed by atoms with E-state index in [1.54, 1.807) is 23.1 Å². The molecule has 0 radical (unpaired) electrons. The van der Waals surface area contributed by atoms with Crippen LogP contribution in [0.1, 0.15) is 11.4 Å². The fourth-order valence-electron chi connectivity index (χ4n) is 2.49. The van der Waals surface area contributed by atoms with Gasteiger partial charge in [-0.15, -0.1) is 21.5 Å². The Labute approximate surface area is 160 Å². The quantitative estimate of drug-likeness (QED) is 0.445. The summed E-state index contributed by atoms with van der Waals surface area (Å²) in [5, 5.41) is 10.7. The molecule has 4 rings (SSSR count). The van der Waals surface area contributed by atoms with Crippen molar-refractivity contribution in [3.05, 3.63) is 78.2 Å². The molecule has 1 aromatic carbocycles. The van der Waals surface area contributed by atoms with Crippen molar-refractivity contribution in [2.45, 2.75) is 17.7 Å². The fraction of sp³-hybridized carbons (Fsp3) is 0.100. The highest BCUT2D eigenvalue weighted by Gasteiger charge is 2.13. The lowest BCUT2D eigenvalue weighted by Crippen LogP contribution is -1.91. The van der Waals surface area contributed by atoms with Crippen molar-refractivity contribution >= 4 is 23.1 Å². The summed E-state index contributed by atoms with van der Waals surface area (Å²) in [4.78, 5) is 10.1. The molecule has 4 nitrogen and oxygen atoms in total. The van der Waals surface area contributed by atoms with Gasteiger partial charge in [-0.3, -0.25) is 4.98 Å². The van der Waals surface area contributed by atoms with Gasteiger partial charge in [-0.1, -0.05) is 48.2 Å². The third kappa shape index (κ3) is 3.81. The number of aryl methyl sites for hydroxylation is 1. The van der Waals surface area contributed by atoms with Crippen molar-refractivity contribution in [3.8, 4) is 21.1 Å². The van der Waals surface area contributed by atoms with E-state index in [0.717, 1.165) is 43.3 Å². The van der Waals surface area contributed by atoms with E-state index in [4.69, 9.17) is 4.98 Å². The Kier molecular flexibility index (Phi) is 5.04. The molecule has 26 heavy (non-hydrogen) atoms. The van der Waals surface area contributed by atoms with Crippen LogP contribution in [0.25, 0.3) is 21.1 Å². The Balaban J connectivity index is 1.51. The Bertz CT molecular complexity index is 984. The van der Waals surface area contributed by atoms with E-state index < -0.39 is 0 Å². The Hall–Kier alpha value is -2.57. The molecule has 3 aromatic heterocycles. The lowest BCUT2D eigenvalue weighted by atomic mass is 10.2. The van der Waals surface area contributed by atoms with E-state index in [2.05, 4.69) is 27.3 Å². The minimum atomic E-state index is 0.784. The maximum atomic E-state index is 4.69. The van der Waals surface area contributed by atoms with E-state index in [0.29, 0.717) is 0 Å². The molecule has 0 saturated heterocycles. The maximum Gasteiger partial charge on any atom is 0.124 e. The zero-order valence-corrected chi connectivity index (χ0v) is 15.8. The number of nitrogens with zero attached hydrogens (tertiary/aromatic N) is 4. The number of benzene rings is 1. The van der Waals surface area contributed by atoms with Crippen LogP contribution < -0.4 is 0 Å². The number of pyridine rings is 1. The highest BCUT2D eigenvalue weighted by atomic mass is 32.2. The number of hydrogen-bond donors (Lipinski definition) is 0. The summed E-state index contributed by atoms with van der Waals surface area (Å²) in [5.41, 5.74) is 4.01. The van der Waals surface area contributed by atoms with Crippen LogP contribution in [0.2, 0.25) is 0 Å². The number of aromatic nitrogens is 4. The van der Waals surface area contributed by atoms with Crippen molar-refractivity contribution in [1.29, 1.82) is 0 Å². The van der Waals surface area contributed by atoms with E-state index >= 15 is 0 Å². The summed E-state index contributed by atoms with van der Waals surface area (Å²) >= 11 is 3.29.